The first kappa shape index (κ1) is 24.8. The predicted octanol–water partition coefficient (Wildman–Crippen LogP) is 7.21. The summed E-state index contributed by atoms with van der Waals surface area (Å²) >= 11 is 3.02. The van der Waals surface area contributed by atoms with E-state index in [9.17, 15) is 4.79 Å². The van der Waals surface area contributed by atoms with E-state index in [-0.39, 0.29) is 5.24 Å². The SMILES string of the molecule is CCCCCCCN(CCCCCCC)C(=NC(=O)SCC)SCC. The molecule has 0 bridgehead atoms. The predicted molar refractivity (Wildman–Crippen MR) is 118 cm³/mol. The second-order valence-corrected chi connectivity index (χ2v) is 8.79. The van der Waals surface area contributed by atoms with Crippen molar-refractivity contribution in [1.82, 2.24) is 4.90 Å². The maximum atomic E-state index is 12.0. The molecular weight excluding hydrogens is 348 g/mol. The molecule has 0 saturated carbocycles. The van der Waals surface area contributed by atoms with E-state index in [0.717, 1.165) is 29.8 Å². The molecule has 0 aromatic heterocycles. The monoisotopic (exact) mass is 388 g/mol. The Bertz CT molecular complexity index is 335. The van der Waals surface area contributed by atoms with Gasteiger partial charge in [0.25, 0.3) is 0 Å². The second-order valence-electron chi connectivity index (χ2n) is 6.34. The van der Waals surface area contributed by atoms with Crippen molar-refractivity contribution in [1.29, 1.82) is 0 Å². The van der Waals surface area contributed by atoms with Crippen LogP contribution in [0.25, 0.3) is 0 Å². The number of carbonyl (C=O) groups excluding carboxylic acids is 1. The minimum atomic E-state index is -0.0413. The zero-order valence-corrected chi connectivity index (χ0v) is 18.7. The molecule has 0 aliphatic carbocycles. The molecule has 1 amide bonds. The van der Waals surface area contributed by atoms with Gasteiger partial charge in [-0.1, -0.05) is 103 Å². The van der Waals surface area contributed by atoms with Crippen LogP contribution in [0.15, 0.2) is 4.99 Å². The average molecular weight is 389 g/mol. The summed E-state index contributed by atoms with van der Waals surface area (Å²) in [7, 11) is 0. The third kappa shape index (κ3) is 14.7. The molecule has 0 fully saturated rings. The van der Waals surface area contributed by atoms with Crippen molar-refractivity contribution in [3.63, 3.8) is 0 Å². The number of hydrogen-bond acceptors (Lipinski definition) is 3. The van der Waals surface area contributed by atoms with E-state index >= 15 is 0 Å². The lowest BCUT2D eigenvalue weighted by atomic mass is 10.1. The lowest BCUT2D eigenvalue weighted by molar-refractivity contribution is 0.267. The number of thioether (sulfide) groups is 2. The van der Waals surface area contributed by atoms with Gasteiger partial charge in [-0.05, 0) is 24.3 Å². The molecule has 0 aliphatic rings. The minimum absolute atomic E-state index is 0.0413. The topological polar surface area (TPSA) is 32.7 Å². The number of carbonyl (C=O) groups is 1. The third-order valence-corrected chi connectivity index (χ3v) is 5.59. The van der Waals surface area contributed by atoms with Crippen LogP contribution in [0.1, 0.15) is 91.9 Å². The van der Waals surface area contributed by atoms with Gasteiger partial charge in [0.2, 0.25) is 0 Å². The number of aliphatic imine (C=N–C) groups is 1. The van der Waals surface area contributed by atoms with E-state index < -0.39 is 0 Å². The van der Waals surface area contributed by atoms with E-state index in [1.165, 1.54) is 76.0 Å². The zero-order chi connectivity index (χ0) is 18.8. The summed E-state index contributed by atoms with van der Waals surface area (Å²) in [5, 5.41) is 0.903. The quantitative estimate of drug-likeness (QED) is 0.179. The Morgan fingerprint density at radius 3 is 1.64 bits per heavy atom. The third-order valence-electron chi connectivity index (χ3n) is 4.06. The molecular formula is C20H40N2OS2. The molecule has 0 radical (unpaired) electrons. The van der Waals surface area contributed by atoms with E-state index in [2.05, 4.69) is 30.7 Å². The van der Waals surface area contributed by atoms with Crippen molar-refractivity contribution in [3.8, 4) is 0 Å². The highest BCUT2D eigenvalue weighted by atomic mass is 32.2. The summed E-state index contributed by atoms with van der Waals surface area (Å²) < 4.78 is 0. The summed E-state index contributed by atoms with van der Waals surface area (Å²) in [6, 6.07) is 0. The van der Waals surface area contributed by atoms with Crippen molar-refractivity contribution >= 4 is 33.9 Å². The molecule has 0 heterocycles. The van der Waals surface area contributed by atoms with Gasteiger partial charge in [0.05, 0.1) is 0 Å². The van der Waals surface area contributed by atoms with E-state index in [1.807, 2.05) is 6.92 Å². The first-order valence-electron chi connectivity index (χ1n) is 10.3. The number of amides is 1. The molecule has 0 aliphatic heterocycles. The van der Waals surface area contributed by atoms with Crippen LogP contribution in [0, 0.1) is 0 Å². The highest BCUT2D eigenvalue weighted by Gasteiger charge is 2.13. The van der Waals surface area contributed by atoms with Crippen molar-refractivity contribution in [2.24, 2.45) is 4.99 Å². The fraction of sp³-hybridized carbons (Fsp3) is 0.900. The molecule has 25 heavy (non-hydrogen) atoms. The van der Waals surface area contributed by atoms with Crippen LogP contribution >= 0.6 is 23.5 Å². The fourth-order valence-corrected chi connectivity index (χ4v) is 3.90. The Kier molecular flexibility index (Phi) is 18.5. The molecule has 3 nitrogen and oxygen atoms in total. The highest BCUT2D eigenvalue weighted by Crippen LogP contribution is 2.16. The first-order valence-corrected chi connectivity index (χ1v) is 12.3. The van der Waals surface area contributed by atoms with Gasteiger partial charge in [-0.25, -0.2) is 0 Å². The van der Waals surface area contributed by atoms with Gasteiger partial charge in [0.1, 0.15) is 0 Å². The van der Waals surface area contributed by atoms with E-state index in [0.29, 0.717) is 0 Å². The Labute approximate surface area is 165 Å². The molecule has 0 spiro atoms. The van der Waals surface area contributed by atoms with Gasteiger partial charge < -0.3 is 4.90 Å². The summed E-state index contributed by atoms with van der Waals surface area (Å²) in [4.78, 5) is 18.8. The summed E-state index contributed by atoms with van der Waals surface area (Å²) in [6.45, 7) is 10.7. The normalized spacial score (nSPS) is 11.8. The molecule has 5 heteroatoms. The molecule has 0 aromatic rings. The van der Waals surface area contributed by atoms with Gasteiger partial charge >= 0.3 is 5.24 Å². The number of hydrogen-bond donors (Lipinski definition) is 0. The van der Waals surface area contributed by atoms with Crippen LogP contribution in [0.5, 0.6) is 0 Å². The highest BCUT2D eigenvalue weighted by molar-refractivity contribution is 8.15. The van der Waals surface area contributed by atoms with Crippen LogP contribution in [0.2, 0.25) is 0 Å². The van der Waals surface area contributed by atoms with Crippen LogP contribution in [-0.2, 0) is 0 Å². The summed E-state index contributed by atoms with van der Waals surface area (Å²) in [6.07, 6.45) is 12.8. The van der Waals surface area contributed by atoms with Gasteiger partial charge in [-0.3, -0.25) is 4.79 Å². The average Bonchev–Trinajstić information content (AvgIpc) is 2.59. The Morgan fingerprint density at radius 2 is 1.20 bits per heavy atom. The second kappa shape index (κ2) is 18.6. The Balaban J connectivity index is 4.67. The summed E-state index contributed by atoms with van der Waals surface area (Å²) in [5.74, 6) is 1.76. The van der Waals surface area contributed by atoms with Gasteiger partial charge in [-0.2, -0.15) is 4.99 Å². The summed E-state index contributed by atoms with van der Waals surface area (Å²) in [5.41, 5.74) is 0. The van der Waals surface area contributed by atoms with Crippen molar-refractivity contribution in [2.45, 2.75) is 91.9 Å². The molecule has 0 saturated heterocycles. The van der Waals surface area contributed by atoms with Crippen molar-refractivity contribution in [2.75, 3.05) is 24.6 Å². The lowest BCUT2D eigenvalue weighted by Gasteiger charge is -2.25. The maximum absolute atomic E-state index is 12.0. The van der Waals surface area contributed by atoms with Gasteiger partial charge in [0.15, 0.2) is 5.17 Å². The zero-order valence-electron chi connectivity index (χ0n) is 17.0. The molecule has 0 rings (SSSR count). The van der Waals surface area contributed by atoms with E-state index in [1.54, 1.807) is 11.8 Å². The standard InChI is InChI=1S/C20H40N2OS2/c1-5-9-11-13-15-17-22(18-16-14-12-10-6-2)19(24-7-3)21-20(23)25-8-4/h5-18H2,1-4H3. The van der Waals surface area contributed by atoms with Crippen LogP contribution in [0.4, 0.5) is 4.79 Å². The van der Waals surface area contributed by atoms with E-state index in [4.69, 9.17) is 0 Å². The fourth-order valence-electron chi connectivity index (χ4n) is 2.67. The number of amidine groups is 1. The molecule has 0 aromatic carbocycles. The molecule has 0 atom stereocenters. The smallest absolute Gasteiger partial charge is 0.307 e. The van der Waals surface area contributed by atoms with Crippen LogP contribution in [-0.4, -0.2) is 39.9 Å². The molecule has 148 valence electrons. The van der Waals surface area contributed by atoms with Gasteiger partial charge in [0, 0.05) is 13.1 Å². The Hall–Kier alpha value is -0.160. The maximum Gasteiger partial charge on any atom is 0.307 e. The molecule has 0 unspecified atom stereocenters. The van der Waals surface area contributed by atoms with Crippen LogP contribution < -0.4 is 0 Å². The minimum Gasteiger partial charge on any atom is -0.351 e. The molecule has 0 N–H and O–H groups in total. The van der Waals surface area contributed by atoms with Gasteiger partial charge in [-0.15, -0.1) is 0 Å². The number of rotatable bonds is 14. The largest absolute Gasteiger partial charge is 0.351 e. The number of nitrogens with zero attached hydrogens (tertiary/aromatic N) is 2. The van der Waals surface area contributed by atoms with Crippen LogP contribution in [0.3, 0.4) is 0 Å². The Morgan fingerprint density at radius 1 is 0.720 bits per heavy atom. The van der Waals surface area contributed by atoms with Crippen molar-refractivity contribution in [3.05, 3.63) is 0 Å². The number of unbranched alkanes of at least 4 members (excludes halogenated alkanes) is 8. The first-order chi connectivity index (χ1) is 12.2. The lowest BCUT2D eigenvalue weighted by Crippen LogP contribution is -2.31. The van der Waals surface area contributed by atoms with Crippen molar-refractivity contribution < 1.29 is 4.79 Å².